The molecule has 3 aromatic rings. The molecule has 0 bridgehead atoms. The third kappa shape index (κ3) is 6.29. The van der Waals surface area contributed by atoms with E-state index < -0.39 is 15.9 Å². The number of carbonyl (C=O) groups excluding carboxylic acids is 2. The fourth-order valence-electron chi connectivity index (χ4n) is 3.64. The molecule has 0 unspecified atom stereocenters. The molecule has 1 aliphatic rings. The smallest absolute Gasteiger partial charge is 0.262 e. The maximum absolute atomic E-state index is 13.0. The summed E-state index contributed by atoms with van der Waals surface area (Å²) in [5.41, 5.74) is 0.440. The molecule has 1 saturated heterocycles. The molecule has 0 radical (unpaired) electrons. The van der Waals surface area contributed by atoms with Gasteiger partial charge in [0.25, 0.3) is 15.9 Å². The summed E-state index contributed by atoms with van der Waals surface area (Å²) < 4.78 is 34.3. The Hall–Kier alpha value is -3.27. The summed E-state index contributed by atoms with van der Waals surface area (Å²) >= 11 is 12.1. The number of nitrogens with zero attached hydrogens (tertiary/aromatic N) is 1. The van der Waals surface area contributed by atoms with E-state index in [0.717, 1.165) is 12.8 Å². The molecule has 0 aromatic heterocycles. The Morgan fingerprint density at radius 2 is 1.61 bits per heavy atom. The van der Waals surface area contributed by atoms with Gasteiger partial charge in [-0.05, 0) is 67.4 Å². The normalized spacial score (nSPS) is 13.3. The van der Waals surface area contributed by atoms with E-state index >= 15 is 0 Å². The van der Waals surface area contributed by atoms with Crippen molar-refractivity contribution in [2.45, 2.75) is 17.7 Å². The van der Waals surface area contributed by atoms with E-state index in [2.05, 4.69) is 10.0 Å². The molecule has 0 atom stereocenters. The zero-order valence-electron chi connectivity index (χ0n) is 19.0. The lowest BCUT2D eigenvalue weighted by atomic mass is 10.2. The second-order valence-electron chi connectivity index (χ2n) is 8.07. The third-order valence-electron chi connectivity index (χ3n) is 5.53. The second-order valence-corrected chi connectivity index (χ2v) is 10.6. The fraction of sp³-hybridized carbons (Fsp3) is 0.200. The van der Waals surface area contributed by atoms with Crippen LogP contribution in [0.2, 0.25) is 10.0 Å². The van der Waals surface area contributed by atoms with Crippen molar-refractivity contribution >= 4 is 50.7 Å². The van der Waals surface area contributed by atoms with E-state index in [1.807, 2.05) is 0 Å². The Morgan fingerprint density at radius 3 is 2.31 bits per heavy atom. The quantitative estimate of drug-likeness (QED) is 0.415. The zero-order chi connectivity index (χ0) is 25.7. The molecule has 0 saturated carbocycles. The Morgan fingerprint density at radius 1 is 0.917 bits per heavy atom. The number of hydrogen-bond acceptors (Lipinski definition) is 5. The SMILES string of the molecule is O=C(NCC(=O)N1CCCC1)c1ccc(S(=O)(=O)Nc2ccccc2Oc2ccc(Cl)cc2Cl)cc1. The minimum absolute atomic E-state index is 0.0495. The Balaban J connectivity index is 1.43. The van der Waals surface area contributed by atoms with E-state index in [-0.39, 0.29) is 39.4 Å². The molecule has 2 amide bonds. The number of sulfonamides is 1. The first-order valence-corrected chi connectivity index (χ1v) is 13.4. The van der Waals surface area contributed by atoms with Gasteiger partial charge in [0.1, 0.15) is 5.75 Å². The van der Waals surface area contributed by atoms with Crippen molar-refractivity contribution in [2.24, 2.45) is 0 Å². The standard InChI is InChI=1S/C25H23Cl2N3O5S/c26-18-9-12-22(20(27)15-18)35-23-6-2-1-5-21(23)29-36(33,34)19-10-7-17(8-11-19)25(32)28-16-24(31)30-13-3-4-14-30/h1-2,5-12,15,29H,3-4,13-14,16H2,(H,28,32). The molecule has 0 aliphatic carbocycles. The number of amides is 2. The minimum Gasteiger partial charge on any atom is -0.454 e. The van der Waals surface area contributed by atoms with Gasteiger partial charge in [-0.25, -0.2) is 8.42 Å². The zero-order valence-corrected chi connectivity index (χ0v) is 21.4. The van der Waals surface area contributed by atoms with Crippen LogP contribution in [0.1, 0.15) is 23.2 Å². The second kappa shape index (κ2) is 11.2. The van der Waals surface area contributed by atoms with Crippen LogP contribution in [0.4, 0.5) is 5.69 Å². The molecule has 3 aromatic carbocycles. The van der Waals surface area contributed by atoms with Crippen molar-refractivity contribution in [1.29, 1.82) is 0 Å². The van der Waals surface area contributed by atoms with Gasteiger partial charge in [0, 0.05) is 23.7 Å². The number of anilines is 1. The number of likely N-dealkylation sites (tertiary alicyclic amines) is 1. The van der Waals surface area contributed by atoms with Crippen LogP contribution in [0.5, 0.6) is 11.5 Å². The number of hydrogen-bond donors (Lipinski definition) is 2. The maximum atomic E-state index is 13.0. The molecular formula is C25H23Cl2N3O5S. The van der Waals surface area contributed by atoms with E-state index in [1.54, 1.807) is 41.3 Å². The van der Waals surface area contributed by atoms with Gasteiger partial charge in [-0.1, -0.05) is 35.3 Å². The Labute approximate surface area is 219 Å². The molecular weight excluding hydrogens is 525 g/mol. The molecule has 8 nitrogen and oxygen atoms in total. The van der Waals surface area contributed by atoms with Crippen LogP contribution in [0.3, 0.4) is 0 Å². The van der Waals surface area contributed by atoms with Gasteiger partial charge in [0.15, 0.2) is 5.75 Å². The van der Waals surface area contributed by atoms with Crippen LogP contribution in [-0.2, 0) is 14.8 Å². The van der Waals surface area contributed by atoms with Crippen molar-refractivity contribution in [3.8, 4) is 11.5 Å². The molecule has 0 spiro atoms. The predicted octanol–water partition coefficient (Wildman–Crippen LogP) is 4.94. The highest BCUT2D eigenvalue weighted by molar-refractivity contribution is 7.92. The lowest BCUT2D eigenvalue weighted by Gasteiger charge is -2.15. The van der Waals surface area contributed by atoms with Crippen molar-refractivity contribution in [3.63, 3.8) is 0 Å². The van der Waals surface area contributed by atoms with Crippen LogP contribution in [0.25, 0.3) is 0 Å². The van der Waals surface area contributed by atoms with Gasteiger partial charge in [0.2, 0.25) is 5.91 Å². The summed E-state index contributed by atoms with van der Waals surface area (Å²) in [6.07, 6.45) is 1.93. The molecule has 36 heavy (non-hydrogen) atoms. The number of rotatable bonds is 8. The molecule has 1 fully saturated rings. The van der Waals surface area contributed by atoms with Crippen LogP contribution < -0.4 is 14.8 Å². The average Bonchev–Trinajstić information content (AvgIpc) is 3.40. The monoisotopic (exact) mass is 547 g/mol. The fourth-order valence-corrected chi connectivity index (χ4v) is 5.16. The van der Waals surface area contributed by atoms with Crippen molar-refractivity contribution in [1.82, 2.24) is 10.2 Å². The van der Waals surface area contributed by atoms with E-state index in [1.165, 1.54) is 30.3 Å². The summed E-state index contributed by atoms with van der Waals surface area (Å²) in [6.45, 7) is 1.30. The van der Waals surface area contributed by atoms with E-state index in [4.69, 9.17) is 27.9 Å². The lowest BCUT2D eigenvalue weighted by molar-refractivity contribution is -0.129. The highest BCUT2D eigenvalue weighted by Crippen LogP contribution is 2.35. The van der Waals surface area contributed by atoms with Gasteiger partial charge < -0.3 is 15.0 Å². The first kappa shape index (κ1) is 25.8. The average molecular weight is 548 g/mol. The summed E-state index contributed by atoms with van der Waals surface area (Å²) in [6, 6.07) is 16.6. The highest BCUT2D eigenvalue weighted by Gasteiger charge is 2.20. The topological polar surface area (TPSA) is 105 Å². The number of ether oxygens (including phenoxy) is 1. The largest absolute Gasteiger partial charge is 0.454 e. The maximum Gasteiger partial charge on any atom is 0.262 e. The van der Waals surface area contributed by atoms with Crippen molar-refractivity contribution in [2.75, 3.05) is 24.4 Å². The molecule has 188 valence electrons. The van der Waals surface area contributed by atoms with E-state index in [0.29, 0.717) is 23.9 Å². The molecule has 11 heteroatoms. The summed E-state index contributed by atoms with van der Waals surface area (Å²) in [4.78, 5) is 26.2. The number of para-hydroxylation sites is 2. The first-order valence-electron chi connectivity index (χ1n) is 11.1. The third-order valence-corrected chi connectivity index (χ3v) is 7.44. The van der Waals surface area contributed by atoms with Crippen molar-refractivity contribution in [3.05, 3.63) is 82.3 Å². The molecule has 2 N–H and O–H groups in total. The van der Waals surface area contributed by atoms with Gasteiger partial charge in [-0.3, -0.25) is 14.3 Å². The Kier molecular flexibility index (Phi) is 8.03. The van der Waals surface area contributed by atoms with Gasteiger partial charge in [-0.2, -0.15) is 0 Å². The summed E-state index contributed by atoms with van der Waals surface area (Å²) in [7, 11) is -4.00. The van der Waals surface area contributed by atoms with Crippen LogP contribution in [-0.4, -0.2) is 44.8 Å². The van der Waals surface area contributed by atoms with Crippen molar-refractivity contribution < 1.29 is 22.7 Å². The number of benzene rings is 3. The van der Waals surface area contributed by atoms with Gasteiger partial charge in [-0.15, -0.1) is 0 Å². The highest BCUT2D eigenvalue weighted by atomic mass is 35.5. The molecule has 4 rings (SSSR count). The van der Waals surface area contributed by atoms with Crippen LogP contribution >= 0.6 is 23.2 Å². The molecule has 1 heterocycles. The number of carbonyl (C=O) groups is 2. The first-order chi connectivity index (χ1) is 17.2. The van der Waals surface area contributed by atoms with Crippen LogP contribution in [0, 0.1) is 0 Å². The van der Waals surface area contributed by atoms with E-state index in [9.17, 15) is 18.0 Å². The molecule has 1 aliphatic heterocycles. The summed E-state index contributed by atoms with van der Waals surface area (Å²) in [5.74, 6) is -0.0432. The van der Waals surface area contributed by atoms with Gasteiger partial charge in [0.05, 0.1) is 22.2 Å². The minimum atomic E-state index is -4.00. The summed E-state index contributed by atoms with van der Waals surface area (Å²) in [5, 5.41) is 3.30. The van der Waals surface area contributed by atoms with Gasteiger partial charge >= 0.3 is 0 Å². The number of nitrogens with one attached hydrogen (secondary N) is 2. The predicted molar refractivity (Wildman–Crippen MR) is 138 cm³/mol. The lowest BCUT2D eigenvalue weighted by Crippen LogP contribution is -2.38. The number of halogens is 2. The Bertz CT molecular complexity index is 1370. The van der Waals surface area contributed by atoms with Crippen LogP contribution in [0.15, 0.2) is 71.6 Å².